The van der Waals surface area contributed by atoms with Crippen LogP contribution in [0.4, 0.5) is 0 Å². The Morgan fingerprint density at radius 1 is 0.778 bits per heavy atom. The molecule has 0 aromatic carbocycles. The zero-order valence-corrected chi connectivity index (χ0v) is 28.9. The highest BCUT2D eigenvalue weighted by Crippen LogP contribution is 2.76. The molecule has 4 aliphatic carbocycles. The van der Waals surface area contributed by atoms with Gasteiger partial charge in [-0.15, -0.1) is 0 Å². The normalized spacial score (nSPS) is 56.4. The minimum absolute atomic E-state index is 0.0153. The molecule has 2 saturated heterocycles. The Labute approximate surface area is 270 Å². The summed E-state index contributed by atoms with van der Waals surface area (Å²) in [7, 11) is 0. The molecule has 0 amide bonds. The van der Waals surface area contributed by atoms with E-state index in [4.69, 9.17) is 14.2 Å². The quantitative estimate of drug-likeness (QED) is 0.249. The Morgan fingerprint density at radius 2 is 1.44 bits per heavy atom. The molecule has 6 aliphatic rings. The lowest BCUT2D eigenvalue weighted by atomic mass is 9.35. The van der Waals surface area contributed by atoms with Gasteiger partial charge in [0.15, 0.2) is 6.29 Å². The van der Waals surface area contributed by atoms with Crippen LogP contribution >= 0.6 is 0 Å². The first-order valence-electron chi connectivity index (χ1n) is 17.8. The van der Waals surface area contributed by atoms with Gasteiger partial charge in [-0.2, -0.15) is 0 Å². The SMILES string of the molecule is CC(C)(O)[C@H]1CC[C@@](C)([C@H]2CC[C@]3(C)[C@@H]2[C@H](O)C[C@@H]2[C@@]4(C)CC[C@@H](O[C@@H]5O[C@H](CO)[C@@H](O)[C@H](O)[C@H]5O)C(C)(C)[C@@H]4CC[C@]23C)O1. The third-order valence-corrected chi connectivity index (χ3v) is 15.4. The van der Waals surface area contributed by atoms with E-state index in [1.165, 1.54) is 0 Å². The molecule has 9 heteroatoms. The third-order valence-electron chi connectivity index (χ3n) is 15.4. The van der Waals surface area contributed by atoms with E-state index < -0.39 is 49.0 Å². The van der Waals surface area contributed by atoms with Gasteiger partial charge in [0, 0.05) is 0 Å². The molecular weight excluding hydrogens is 576 g/mol. The molecule has 6 rings (SSSR count). The average molecular weight is 639 g/mol. The molecule has 45 heavy (non-hydrogen) atoms. The van der Waals surface area contributed by atoms with Gasteiger partial charge in [0.1, 0.15) is 24.4 Å². The summed E-state index contributed by atoms with van der Waals surface area (Å²) in [5, 5.41) is 63.9. The highest BCUT2D eigenvalue weighted by molar-refractivity contribution is 5.20. The van der Waals surface area contributed by atoms with Crippen molar-refractivity contribution in [3.05, 3.63) is 0 Å². The first kappa shape index (κ1) is 34.5. The van der Waals surface area contributed by atoms with Crippen LogP contribution in [0.15, 0.2) is 0 Å². The van der Waals surface area contributed by atoms with Crippen molar-refractivity contribution in [2.75, 3.05) is 6.61 Å². The summed E-state index contributed by atoms with van der Waals surface area (Å²) in [5.74, 6) is 1.07. The van der Waals surface area contributed by atoms with Crippen LogP contribution in [0, 0.1) is 45.3 Å². The summed E-state index contributed by atoms with van der Waals surface area (Å²) >= 11 is 0. The van der Waals surface area contributed by atoms with Gasteiger partial charge in [0.05, 0.1) is 36.1 Å². The maximum Gasteiger partial charge on any atom is 0.186 e. The van der Waals surface area contributed by atoms with Crippen molar-refractivity contribution in [3.8, 4) is 0 Å². The summed E-state index contributed by atoms with van der Waals surface area (Å²) in [5.41, 5.74) is -1.49. The fourth-order valence-corrected chi connectivity index (χ4v) is 12.6. The van der Waals surface area contributed by atoms with E-state index >= 15 is 0 Å². The van der Waals surface area contributed by atoms with Crippen molar-refractivity contribution in [1.82, 2.24) is 0 Å². The van der Waals surface area contributed by atoms with Crippen molar-refractivity contribution in [1.29, 1.82) is 0 Å². The summed E-state index contributed by atoms with van der Waals surface area (Å²) in [6, 6.07) is 0. The van der Waals surface area contributed by atoms with Gasteiger partial charge in [0.2, 0.25) is 0 Å². The van der Waals surface area contributed by atoms with Gasteiger partial charge in [-0.1, -0.05) is 34.6 Å². The Kier molecular flexibility index (Phi) is 8.49. The molecule has 0 aromatic heterocycles. The smallest absolute Gasteiger partial charge is 0.186 e. The molecule has 0 aromatic rings. The number of aliphatic hydroxyl groups is 6. The van der Waals surface area contributed by atoms with E-state index in [0.717, 1.165) is 57.8 Å². The molecule has 0 spiro atoms. The minimum Gasteiger partial charge on any atom is -0.394 e. The van der Waals surface area contributed by atoms with E-state index in [1.54, 1.807) is 0 Å². The maximum absolute atomic E-state index is 12.2. The highest BCUT2D eigenvalue weighted by Gasteiger charge is 2.72. The first-order chi connectivity index (χ1) is 20.7. The Bertz CT molecular complexity index is 1110. The van der Waals surface area contributed by atoms with E-state index in [2.05, 4.69) is 41.5 Å². The molecule has 0 radical (unpaired) electrons. The van der Waals surface area contributed by atoms with Gasteiger partial charge >= 0.3 is 0 Å². The topological polar surface area (TPSA) is 149 Å². The molecule has 0 bridgehead atoms. The van der Waals surface area contributed by atoms with Gasteiger partial charge in [-0.3, -0.25) is 0 Å². The van der Waals surface area contributed by atoms with Crippen molar-refractivity contribution in [2.24, 2.45) is 45.3 Å². The average Bonchev–Trinajstić information content (AvgIpc) is 3.54. The minimum atomic E-state index is -1.46. The van der Waals surface area contributed by atoms with Crippen LogP contribution in [-0.4, -0.2) is 97.5 Å². The fraction of sp³-hybridized carbons (Fsp3) is 1.00. The molecule has 0 unspecified atom stereocenters. The molecule has 260 valence electrons. The largest absolute Gasteiger partial charge is 0.394 e. The molecule has 9 nitrogen and oxygen atoms in total. The van der Waals surface area contributed by atoms with Crippen molar-refractivity contribution < 1.29 is 44.8 Å². The first-order valence-corrected chi connectivity index (χ1v) is 17.8. The summed E-state index contributed by atoms with van der Waals surface area (Å²) in [6.45, 7) is 17.4. The van der Waals surface area contributed by atoms with Gasteiger partial charge in [-0.25, -0.2) is 0 Å². The zero-order valence-electron chi connectivity index (χ0n) is 28.9. The van der Waals surface area contributed by atoms with Crippen molar-refractivity contribution in [3.63, 3.8) is 0 Å². The standard InChI is InChI=1S/C36H62O9/c1-31(2)22-10-15-34(6)23(33(22,5)13-11-24(31)44-30-29(41)28(40)27(39)21(18-37)43-30)17-20(38)26-19(9-14-35(26,34)7)36(8)16-12-25(45-36)32(3,4)42/h19-30,37-42H,9-18H2,1-8H3/t19-,20+,21+,22-,23+,24+,25+,26-,27+,28-,29+,30-,33-,34+,35+,36-/m0/s1. The number of hydrogen-bond acceptors (Lipinski definition) is 9. The highest BCUT2D eigenvalue weighted by atomic mass is 16.7. The zero-order chi connectivity index (χ0) is 33.1. The number of hydrogen-bond donors (Lipinski definition) is 6. The third kappa shape index (κ3) is 4.95. The predicted molar refractivity (Wildman–Crippen MR) is 168 cm³/mol. The van der Waals surface area contributed by atoms with E-state index in [0.29, 0.717) is 11.8 Å². The van der Waals surface area contributed by atoms with Crippen LogP contribution in [0.5, 0.6) is 0 Å². The van der Waals surface area contributed by atoms with Crippen LogP contribution in [-0.2, 0) is 14.2 Å². The number of fused-ring (bicyclic) bond motifs is 5. The Balaban J connectivity index is 1.23. The van der Waals surface area contributed by atoms with Crippen LogP contribution < -0.4 is 0 Å². The number of rotatable bonds is 5. The summed E-state index contributed by atoms with van der Waals surface area (Å²) in [4.78, 5) is 0. The molecule has 6 fully saturated rings. The second kappa shape index (κ2) is 11.1. The Morgan fingerprint density at radius 3 is 2.07 bits per heavy atom. The van der Waals surface area contributed by atoms with Gasteiger partial charge in [-0.05, 0) is 124 Å². The van der Waals surface area contributed by atoms with E-state index in [1.807, 2.05) is 13.8 Å². The van der Waals surface area contributed by atoms with Crippen molar-refractivity contribution in [2.45, 2.75) is 173 Å². The second-order valence-corrected chi connectivity index (χ2v) is 18.3. The lowest BCUT2D eigenvalue weighted by Crippen LogP contribution is -2.67. The molecular formula is C36H62O9. The van der Waals surface area contributed by atoms with Gasteiger partial charge in [0.25, 0.3) is 0 Å². The molecule has 2 heterocycles. The lowest BCUT2D eigenvalue weighted by Gasteiger charge is -2.70. The van der Waals surface area contributed by atoms with Crippen LogP contribution in [0.1, 0.15) is 113 Å². The maximum atomic E-state index is 12.2. The molecule has 4 saturated carbocycles. The summed E-state index contributed by atoms with van der Waals surface area (Å²) < 4.78 is 18.9. The number of ether oxygens (including phenoxy) is 3. The monoisotopic (exact) mass is 638 g/mol. The van der Waals surface area contributed by atoms with E-state index in [9.17, 15) is 30.6 Å². The fourth-order valence-electron chi connectivity index (χ4n) is 12.6. The van der Waals surface area contributed by atoms with Crippen LogP contribution in [0.3, 0.4) is 0 Å². The predicted octanol–water partition coefficient (Wildman–Crippen LogP) is 3.54. The number of aliphatic hydroxyl groups excluding tert-OH is 5. The second-order valence-electron chi connectivity index (χ2n) is 18.3. The molecule has 2 aliphatic heterocycles. The van der Waals surface area contributed by atoms with Gasteiger partial charge < -0.3 is 44.8 Å². The Hall–Kier alpha value is -0.360. The molecule has 16 atom stereocenters. The van der Waals surface area contributed by atoms with Crippen LogP contribution in [0.2, 0.25) is 0 Å². The van der Waals surface area contributed by atoms with Crippen molar-refractivity contribution >= 4 is 0 Å². The summed E-state index contributed by atoms with van der Waals surface area (Å²) in [6.07, 6.45) is 1.20. The van der Waals surface area contributed by atoms with Crippen LogP contribution in [0.25, 0.3) is 0 Å². The van der Waals surface area contributed by atoms with E-state index in [-0.39, 0.29) is 51.3 Å². The molecule has 6 N–H and O–H groups in total. The lowest BCUT2D eigenvalue weighted by molar-refractivity contribution is -0.332.